The molecule has 1 aliphatic rings. The average Bonchev–Trinajstić information content (AvgIpc) is 3.03. The lowest BCUT2D eigenvalue weighted by atomic mass is 10.1. The zero-order chi connectivity index (χ0) is 18.8. The molecule has 1 aromatic heterocycles. The summed E-state index contributed by atoms with van der Waals surface area (Å²) in [6, 6.07) is 8.63. The molecule has 2 amide bonds. The monoisotopic (exact) mass is 452 g/mol. The van der Waals surface area contributed by atoms with Crippen LogP contribution in [0.15, 0.2) is 39.7 Å². The summed E-state index contributed by atoms with van der Waals surface area (Å²) >= 11 is 9.98. The van der Waals surface area contributed by atoms with Gasteiger partial charge < -0.3 is 9.47 Å². The minimum atomic E-state index is -0.534. The van der Waals surface area contributed by atoms with Gasteiger partial charge in [0, 0.05) is 10.9 Å². The van der Waals surface area contributed by atoms with E-state index in [2.05, 4.69) is 21.2 Å². The number of nitrogens with zero attached hydrogens (tertiary/aromatic N) is 1. The number of thiocarbonyl (C=S) groups is 1. The second-order valence-electron chi connectivity index (χ2n) is 5.14. The van der Waals surface area contributed by atoms with E-state index in [1.54, 1.807) is 18.2 Å². The van der Waals surface area contributed by atoms with Gasteiger partial charge in [-0.05, 0) is 58.5 Å². The minimum Gasteiger partial charge on any atom is -0.497 e. The van der Waals surface area contributed by atoms with Gasteiger partial charge in [-0.3, -0.25) is 14.9 Å². The van der Waals surface area contributed by atoms with Gasteiger partial charge in [-0.25, -0.2) is 4.90 Å². The van der Waals surface area contributed by atoms with E-state index in [1.807, 2.05) is 12.1 Å². The molecule has 1 fully saturated rings. The summed E-state index contributed by atoms with van der Waals surface area (Å²) < 4.78 is 11.4. The number of halogens is 1. The van der Waals surface area contributed by atoms with Crippen LogP contribution in [-0.2, 0) is 9.59 Å². The first-order chi connectivity index (χ1) is 12.4. The van der Waals surface area contributed by atoms with Crippen LogP contribution in [0, 0.1) is 0 Å². The fraction of sp³-hybridized carbons (Fsp3) is 0.118. The highest BCUT2D eigenvalue weighted by atomic mass is 79.9. The molecule has 1 saturated heterocycles. The Bertz CT molecular complexity index is 939. The van der Waals surface area contributed by atoms with Gasteiger partial charge in [0.05, 0.1) is 23.7 Å². The molecular formula is C17H13BrN2O4S2. The second-order valence-corrected chi connectivity index (χ2v) is 8.02. The highest BCUT2D eigenvalue weighted by Crippen LogP contribution is 2.34. The first-order valence-corrected chi connectivity index (χ1v) is 9.35. The third-order valence-corrected chi connectivity index (χ3v) is 5.47. The highest BCUT2D eigenvalue weighted by Gasteiger charge is 2.36. The van der Waals surface area contributed by atoms with Gasteiger partial charge in [0.15, 0.2) is 5.11 Å². The van der Waals surface area contributed by atoms with Crippen molar-refractivity contribution in [1.29, 1.82) is 0 Å². The van der Waals surface area contributed by atoms with Gasteiger partial charge in [-0.1, -0.05) is 0 Å². The molecule has 0 bridgehead atoms. The van der Waals surface area contributed by atoms with E-state index in [0.717, 1.165) is 8.66 Å². The normalized spacial score (nSPS) is 16.0. The molecule has 134 valence electrons. The van der Waals surface area contributed by atoms with E-state index in [4.69, 9.17) is 21.7 Å². The Kier molecular flexibility index (Phi) is 5.40. The van der Waals surface area contributed by atoms with Crippen molar-refractivity contribution in [3.8, 4) is 11.5 Å². The lowest BCUT2D eigenvalue weighted by Crippen LogP contribution is -2.54. The first-order valence-electron chi connectivity index (χ1n) is 7.33. The van der Waals surface area contributed by atoms with Crippen molar-refractivity contribution in [3.63, 3.8) is 0 Å². The van der Waals surface area contributed by atoms with Crippen LogP contribution < -0.4 is 19.7 Å². The van der Waals surface area contributed by atoms with E-state index in [-0.39, 0.29) is 10.7 Å². The fourth-order valence-corrected chi connectivity index (χ4v) is 4.03. The van der Waals surface area contributed by atoms with Crippen molar-refractivity contribution in [3.05, 3.63) is 44.6 Å². The van der Waals surface area contributed by atoms with Crippen LogP contribution in [0.5, 0.6) is 11.5 Å². The molecule has 1 aliphatic heterocycles. The molecule has 0 unspecified atom stereocenters. The maximum atomic E-state index is 13.0. The number of hydrogen-bond acceptors (Lipinski definition) is 6. The summed E-state index contributed by atoms with van der Waals surface area (Å²) in [5.41, 5.74) is 0.410. The Hall–Kier alpha value is -2.23. The first kappa shape index (κ1) is 18.6. The smallest absolute Gasteiger partial charge is 0.270 e. The topological polar surface area (TPSA) is 67.9 Å². The van der Waals surface area contributed by atoms with Crippen molar-refractivity contribution in [2.24, 2.45) is 0 Å². The van der Waals surface area contributed by atoms with Gasteiger partial charge in [0.2, 0.25) is 0 Å². The van der Waals surface area contributed by atoms with Crippen LogP contribution >= 0.6 is 39.5 Å². The molecule has 1 N–H and O–H groups in total. The Morgan fingerprint density at radius 2 is 1.96 bits per heavy atom. The van der Waals surface area contributed by atoms with Crippen LogP contribution in [0.4, 0.5) is 5.69 Å². The van der Waals surface area contributed by atoms with Crippen molar-refractivity contribution in [1.82, 2.24) is 5.32 Å². The summed E-state index contributed by atoms with van der Waals surface area (Å²) in [6.07, 6.45) is 1.54. The molecule has 1 aromatic carbocycles. The van der Waals surface area contributed by atoms with E-state index < -0.39 is 11.8 Å². The van der Waals surface area contributed by atoms with E-state index in [9.17, 15) is 9.59 Å². The lowest BCUT2D eigenvalue weighted by Gasteiger charge is -2.29. The second kappa shape index (κ2) is 7.56. The summed E-state index contributed by atoms with van der Waals surface area (Å²) in [4.78, 5) is 27.3. The number of benzene rings is 1. The Morgan fingerprint density at radius 3 is 2.58 bits per heavy atom. The largest absolute Gasteiger partial charge is 0.497 e. The number of anilines is 1. The average molecular weight is 453 g/mol. The maximum absolute atomic E-state index is 13.0. The van der Waals surface area contributed by atoms with Gasteiger partial charge in [0.1, 0.15) is 17.1 Å². The number of carbonyl (C=O) groups is 2. The third kappa shape index (κ3) is 3.50. The van der Waals surface area contributed by atoms with Crippen molar-refractivity contribution in [2.45, 2.75) is 0 Å². The summed E-state index contributed by atoms with van der Waals surface area (Å²) in [5.74, 6) is -0.0846. The minimum absolute atomic E-state index is 0.00650. The third-order valence-electron chi connectivity index (χ3n) is 3.61. The zero-order valence-corrected chi connectivity index (χ0v) is 17.0. The molecular weight excluding hydrogens is 440 g/mol. The summed E-state index contributed by atoms with van der Waals surface area (Å²) in [6.45, 7) is 0. The lowest BCUT2D eigenvalue weighted by molar-refractivity contribution is -0.122. The standard InChI is InChI=1S/C17H13BrN2O4S2/c1-23-9-3-5-12(13(7-9)24-2)20-16(22)11(15(21)19-17(20)25)8-10-4-6-14(18)26-10/h3-8H,1-2H3,(H,19,21,25)/b11-8+. The van der Waals surface area contributed by atoms with Gasteiger partial charge in [-0.15, -0.1) is 11.3 Å². The molecule has 6 nitrogen and oxygen atoms in total. The van der Waals surface area contributed by atoms with Crippen LogP contribution in [0.2, 0.25) is 0 Å². The predicted molar refractivity (Wildman–Crippen MR) is 108 cm³/mol. The van der Waals surface area contributed by atoms with E-state index in [0.29, 0.717) is 17.2 Å². The molecule has 2 heterocycles. The fourth-order valence-electron chi connectivity index (χ4n) is 2.39. The molecule has 2 aromatic rings. The SMILES string of the molecule is COc1ccc(N2C(=O)/C(=C/c3ccc(Br)s3)C(=O)NC2=S)c(OC)c1. The van der Waals surface area contributed by atoms with Crippen LogP contribution in [-0.4, -0.2) is 31.1 Å². The predicted octanol–water partition coefficient (Wildman–Crippen LogP) is 3.36. The van der Waals surface area contributed by atoms with E-state index >= 15 is 0 Å². The molecule has 0 spiro atoms. The Balaban J connectivity index is 2.05. The van der Waals surface area contributed by atoms with E-state index in [1.165, 1.54) is 36.5 Å². The Morgan fingerprint density at radius 1 is 1.19 bits per heavy atom. The molecule has 9 heteroatoms. The number of hydrogen-bond donors (Lipinski definition) is 1. The summed E-state index contributed by atoms with van der Waals surface area (Å²) in [7, 11) is 3.01. The van der Waals surface area contributed by atoms with Crippen molar-refractivity contribution < 1.29 is 19.1 Å². The number of rotatable bonds is 4. The number of thiophene rings is 1. The molecule has 0 saturated carbocycles. The van der Waals surface area contributed by atoms with Crippen LogP contribution in [0.3, 0.4) is 0 Å². The number of methoxy groups -OCH3 is 2. The van der Waals surface area contributed by atoms with Crippen molar-refractivity contribution in [2.75, 3.05) is 19.1 Å². The van der Waals surface area contributed by atoms with Gasteiger partial charge in [-0.2, -0.15) is 0 Å². The maximum Gasteiger partial charge on any atom is 0.270 e. The molecule has 0 radical (unpaired) electrons. The zero-order valence-electron chi connectivity index (χ0n) is 13.7. The van der Waals surface area contributed by atoms with Gasteiger partial charge in [0.25, 0.3) is 11.8 Å². The molecule has 0 aliphatic carbocycles. The Labute approximate surface area is 167 Å². The molecule has 26 heavy (non-hydrogen) atoms. The number of amides is 2. The van der Waals surface area contributed by atoms with Crippen molar-refractivity contribution >= 4 is 68.2 Å². The molecule has 3 rings (SSSR count). The summed E-state index contributed by atoms with van der Waals surface area (Å²) in [5, 5.41) is 2.54. The number of ether oxygens (including phenoxy) is 2. The van der Waals surface area contributed by atoms with Crippen LogP contribution in [0.1, 0.15) is 4.88 Å². The molecule has 0 atom stereocenters. The van der Waals surface area contributed by atoms with Gasteiger partial charge >= 0.3 is 0 Å². The number of carbonyl (C=O) groups excluding carboxylic acids is 2. The number of nitrogens with one attached hydrogen (secondary N) is 1. The highest BCUT2D eigenvalue weighted by molar-refractivity contribution is 9.11. The van der Waals surface area contributed by atoms with Crippen LogP contribution in [0.25, 0.3) is 6.08 Å². The quantitative estimate of drug-likeness (QED) is 0.437.